The Balaban J connectivity index is 2.31. The molecule has 0 N–H and O–H groups in total. The molecule has 4 nitrogen and oxygen atoms in total. The normalized spacial score (nSPS) is 11.1. The highest BCUT2D eigenvalue weighted by Gasteiger charge is 2.16. The van der Waals surface area contributed by atoms with E-state index in [0.717, 1.165) is 4.73 Å². The van der Waals surface area contributed by atoms with Gasteiger partial charge in [-0.25, -0.2) is 9.07 Å². The number of rotatable bonds is 1. The van der Waals surface area contributed by atoms with E-state index in [1.807, 2.05) is 0 Å². The number of nitrogens with zero attached hydrogens (tertiary/aromatic N) is 3. The second-order valence-electron chi connectivity index (χ2n) is 4.16. The zero-order valence-electron chi connectivity index (χ0n) is 9.97. The molecule has 96 valence electrons. The van der Waals surface area contributed by atoms with E-state index >= 15 is 0 Å². The molecule has 0 aliphatic carbocycles. The molecular weight excluding hydrogens is 269 g/mol. The molecule has 0 amide bonds. The smallest absolute Gasteiger partial charge is 0.265 e. The number of benzene rings is 1. The summed E-state index contributed by atoms with van der Waals surface area (Å²) < 4.78 is 15.8. The van der Waals surface area contributed by atoms with E-state index < -0.39 is 5.82 Å². The molecule has 0 aliphatic rings. The summed E-state index contributed by atoms with van der Waals surface area (Å²) in [6, 6.07) is 7.79. The number of hydrogen-bond donors (Lipinski definition) is 0. The van der Waals surface area contributed by atoms with Gasteiger partial charge in [0.1, 0.15) is 17.0 Å². The Morgan fingerprint density at radius 2 is 2.16 bits per heavy atom. The van der Waals surface area contributed by atoms with E-state index in [1.165, 1.54) is 23.0 Å². The summed E-state index contributed by atoms with van der Waals surface area (Å²) in [5.74, 6) is -0.522. The van der Waals surface area contributed by atoms with E-state index in [9.17, 15) is 9.60 Å². The van der Waals surface area contributed by atoms with Crippen molar-refractivity contribution in [2.45, 2.75) is 6.92 Å². The fraction of sp³-hybridized carbons (Fsp3) is 0.0769. The average Bonchev–Trinajstić information content (AvgIpc) is 2.72. The third kappa shape index (κ3) is 1.82. The summed E-state index contributed by atoms with van der Waals surface area (Å²) in [5, 5.41) is 16.1. The Kier molecular flexibility index (Phi) is 2.64. The average molecular weight is 278 g/mol. The number of pyridine rings is 1. The van der Waals surface area contributed by atoms with Crippen molar-refractivity contribution in [1.82, 2.24) is 9.78 Å². The molecule has 3 rings (SSSR count). The molecule has 2 heterocycles. The molecule has 0 bridgehead atoms. The van der Waals surface area contributed by atoms with Gasteiger partial charge in [-0.15, -0.1) is 0 Å². The summed E-state index contributed by atoms with van der Waals surface area (Å²) in [6.07, 6.45) is 1.41. The molecule has 0 spiro atoms. The maximum Gasteiger partial charge on any atom is 0.265 e. The van der Waals surface area contributed by atoms with E-state index in [1.54, 1.807) is 25.1 Å². The van der Waals surface area contributed by atoms with Crippen LogP contribution in [0.1, 0.15) is 5.69 Å². The van der Waals surface area contributed by atoms with Crippen molar-refractivity contribution in [2.24, 2.45) is 0 Å². The number of halogens is 2. The second-order valence-corrected chi connectivity index (χ2v) is 4.57. The Morgan fingerprint density at radius 1 is 1.37 bits per heavy atom. The highest BCUT2D eigenvalue weighted by molar-refractivity contribution is 6.30. The first-order valence-electron chi connectivity index (χ1n) is 5.61. The van der Waals surface area contributed by atoms with Crippen molar-refractivity contribution < 1.29 is 9.12 Å². The quantitative estimate of drug-likeness (QED) is 0.507. The lowest BCUT2D eigenvalue weighted by molar-refractivity contribution is -0.577. The fourth-order valence-corrected chi connectivity index (χ4v) is 2.18. The highest BCUT2D eigenvalue weighted by Crippen LogP contribution is 2.22. The van der Waals surface area contributed by atoms with Crippen LogP contribution in [0.2, 0.25) is 5.02 Å². The summed E-state index contributed by atoms with van der Waals surface area (Å²) in [6.45, 7) is 1.74. The largest absolute Gasteiger partial charge is 0.618 e. The van der Waals surface area contributed by atoms with Gasteiger partial charge >= 0.3 is 0 Å². The van der Waals surface area contributed by atoms with Gasteiger partial charge in [0.05, 0.1) is 10.7 Å². The Labute approximate surface area is 113 Å². The minimum Gasteiger partial charge on any atom is -0.618 e. The van der Waals surface area contributed by atoms with E-state index in [-0.39, 0.29) is 5.02 Å². The van der Waals surface area contributed by atoms with Crippen LogP contribution in [0, 0.1) is 17.9 Å². The SMILES string of the molecule is Cc1nn(-c2ccc(Cl)c(F)c2)c2ccc[n+]([O-])c12. The van der Waals surface area contributed by atoms with Crippen LogP contribution in [0.3, 0.4) is 0 Å². The van der Waals surface area contributed by atoms with Gasteiger partial charge < -0.3 is 5.21 Å². The molecule has 0 radical (unpaired) electrons. The van der Waals surface area contributed by atoms with Gasteiger partial charge in [-0.3, -0.25) is 0 Å². The van der Waals surface area contributed by atoms with Gasteiger partial charge in [0.25, 0.3) is 5.52 Å². The third-order valence-corrected chi connectivity index (χ3v) is 3.21. The molecule has 6 heteroatoms. The first-order chi connectivity index (χ1) is 9.08. The zero-order valence-corrected chi connectivity index (χ0v) is 10.7. The minimum atomic E-state index is -0.522. The first kappa shape index (κ1) is 11.9. The molecule has 3 aromatic rings. The van der Waals surface area contributed by atoms with Crippen LogP contribution in [0.4, 0.5) is 4.39 Å². The third-order valence-electron chi connectivity index (χ3n) is 2.91. The van der Waals surface area contributed by atoms with E-state index in [4.69, 9.17) is 11.6 Å². The van der Waals surface area contributed by atoms with Crippen LogP contribution in [0.25, 0.3) is 16.7 Å². The standard InChI is InChI=1S/C13H9ClFN3O/c1-8-13-12(3-2-6-17(13)19)18(16-8)9-4-5-10(14)11(15)7-9/h2-7H,1H3. The van der Waals surface area contributed by atoms with Crippen molar-refractivity contribution in [2.75, 3.05) is 0 Å². The maximum atomic E-state index is 13.5. The van der Waals surface area contributed by atoms with Crippen LogP contribution in [-0.2, 0) is 0 Å². The summed E-state index contributed by atoms with van der Waals surface area (Å²) in [5.41, 5.74) is 2.20. The number of aryl methyl sites for hydroxylation is 1. The Hall–Kier alpha value is -2.14. The van der Waals surface area contributed by atoms with Crippen LogP contribution in [0.15, 0.2) is 36.5 Å². The molecule has 0 unspecified atom stereocenters. The predicted molar refractivity (Wildman–Crippen MR) is 69.7 cm³/mol. The van der Waals surface area contributed by atoms with Crippen molar-refractivity contribution in [3.63, 3.8) is 0 Å². The van der Waals surface area contributed by atoms with Gasteiger partial charge in [-0.05, 0) is 25.1 Å². The van der Waals surface area contributed by atoms with Crippen LogP contribution < -0.4 is 4.73 Å². The first-order valence-corrected chi connectivity index (χ1v) is 5.98. The van der Waals surface area contributed by atoms with Crippen molar-refractivity contribution in [3.05, 3.63) is 58.3 Å². The maximum absolute atomic E-state index is 13.5. The molecule has 0 aliphatic heterocycles. The number of fused-ring (bicyclic) bond motifs is 1. The summed E-state index contributed by atoms with van der Waals surface area (Å²) >= 11 is 5.66. The number of hydrogen-bond acceptors (Lipinski definition) is 2. The van der Waals surface area contributed by atoms with Gasteiger partial charge in [0.2, 0.25) is 0 Å². The topological polar surface area (TPSA) is 44.8 Å². The van der Waals surface area contributed by atoms with Crippen molar-refractivity contribution in [1.29, 1.82) is 0 Å². The fourth-order valence-electron chi connectivity index (χ4n) is 2.06. The number of aromatic nitrogens is 3. The van der Waals surface area contributed by atoms with Gasteiger partial charge in [-0.1, -0.05) is 11.6 Å². The molecule has 0 atom stereocenters. The molecular formula is C13H9ClFN3O. The van der Waals surface area contributed by atoms with Crippen LogP contribution >= 0.6 is 11.6 Å². The lowest BCUT2D eigenvalue weighted by atomic mass is 10.3. The monoisotopic (exact) mass is 277 g/mol. The predicted octanol–water partition coefficient (Wildman–Crippen LogP) is 2.76. The van der Waals surface area contributed by atoms with Gasteiger partial charge in [0, 0.05) is 12.1 Å². The summed E-state index contributed by atoms with van der Waals surface area (Å²) in [7, 11) is 0. The Morgan fingerprint density at radius 3 is 2.89 bits per heavy atom. The zero-order chi connectivity index (χ0) is 13.6. The molecule has 1 aromatic carbocycles. The van der Waals surface area contributed by atoms with Gasteiger partial charge in [-0.2, -0.15) is 9.83 Å². The lowest BCUT2D eigenvalue weighted by Gasteiger charge is -2.04. The Bertz CT molecular complexity index is 785. The lowest BCUT2D eigenvalue weighted by Crippen LogP contribution is -2.26. The molecule has 0 saturated heterocycles. The molecule has 0 fully saturated rings. The molecule has 2 aromatic heterocycles. The van der Waals surface area contributed by atoms with Crippen LogP contribution in [0.5, 0.6) is 0 Å². The highest BCUT2D eigenvalue weighted by atomic mass is 35.5. The van der Waals surface area contributed by atoms with Crippen LogP contribution in [-0.4, -0.2) is 9.78 Å². The molecule has 19 heavy (non-hydrogen) atoms. The minimum absolute atomic E-state index is 0.0517. The van der Waals surface area contributed by atoms with Crippen molar-refractivity contribution >= 4 is 22.6 Å². The summed E-state index contributed by atoms with van der Waals surface area (Å²) in [4.78, 5) is 0. The second kappa shape index (κ2) is 4.20. The molecule has 0 saturated carbocycles. The van der Waals surface area contributed by atoms with Crippen molar-refractivity contribution in [3.8, 4) is 5.69 Å². The van der Waals surface area contributed by atoms with E-state index in [2.05, 4.69) is 5.10 Å². The van der Waals surface area contributed by atoms with Gasteiger partial charge in [0.15, 0.2) is 6.20 Å². The van der Waals surface area contributed by atoms with E-state index in [0.29, 0.717) is 22.4 Å².